The number of H-pyrrole nitrogens is 1. The fraction of sp³-hybridized carbons (Fsp3) is 0.115. The minimum Gasteiger partial charge on any atom is -0.295 e. The fourth-order valence-corrected chi connectivity index (χ4v) is 3.79. The molecule has 0 aliphatic rings. The fourth-order valence-electron chi connectivity index (χ4n) is 3.79. The Balaban J connectivity index is 1.62. The van der Waals surface area contributed by atoms with E-state index in [-0.39, 0.29) is 17.3 Å². The Bertz CT molecular complexity index is 1300. The van der Waals surface area contributed by atoms with Gasteiger partial charge in [0.25, 0.3) is 11.5 Å². The highest BCUT2D eigenvalue weighted by molar-refractivity contribution is 6.00. The number of amides is 1. The molecule has 4 rings (SSSR count). The zero-order valence-corrected chi connectivity index (χ0v) is 18.2. The Kier molecular flexibility index (Phi) is 6.31. The third kappa shape index (κ3) is 4.67. The molecule has 0 aliphatic carbocycles. The molecular formula is C26H23FN4O2. The first-order chi connectivity index (χ1) is 16.0. The number of carbonyl (C=O) groups excluding carboxylic acids is 1. The first-order valence-corrected chi connectivity index (χ1v) is 10.5. The molecule has 0 bridgehead atoms. The highest BCUT2D eigenvalue weighted by atomic mass is 19.1. The van der Waals surface area contributed by atoms with Crippen LogP contribution in [0.2, 0.25) is 0 Å². The molecule has 0 radical (unpaired) electrons. The van der Waals surface area contributed by atoms with Gasteiger partial charge in [0.15, 0.2) is 0 Å². The summed E-state index contributed by atoms with van der Waals surface area (Å²) in [7, 11) is 0. The van der Waals surface area contributed by atoms with Crippen molar-refractivity contribution in [2.45, 2.75) is 19.8 Å². The summed E-state index contributed by atoms with van der Waals surface area (Å²) in [5.74, 6) is -1.24. The lowest BCUT2D eigenvalue weighted by Gasteiger charge is -2.16. The summed E-state index contributed by atoms with van der Waals surface area (Å²) in [6, 6.07) is 24.5. The third-order valence-electron chi connectivity index (χ3n) is 5.38. The average molecular weight is 442 g/mol. The first kappa shape index (κ1) is 22.0. The number of hydrogen-bond donors (Lipinski definition) is 2. The third-order valence-corrected chi connectivity index (χ3v) is 5.38. The van der Waals surface area contributed by atoms with Crippen LogP contribution in [-0.2, 0) is 4.79 Å². The largest absolute Gasteiger partial charge is 0.295 e. The van der Waals surface area contributed by atoms with Gasteiger partial charge in [-0.1, -0.05) is 60.7 Å². The van der Waals surface area contributed by atoms with Gasteiger partial charge < -0.3 is 0 Å². The molecule has 7 heteroatoms. The molecule has 2 N–H and O–H groups in total. The smallest absolute Gasteiger partial charge is 0.280 e. The van der Waals surface area contributed by atoms with E-state index in [9.17, 15) is 14.0 Å². The van der Waals surface area contributed by atoms with Gasteiger partial charge in [-0.15, -0.1) is 0 Å². The lowest BCUT2D eigenvalue weighted by molar-refractivity contribution is -0.121. The Morgan fingerprint density at radius 3 is 2.03 bits per heavy atom. The van der Waals surface area contributed by atoms with E-state index in [4.69, 9.17) is 0 Å². The Hall–Kier alpha value is -4.26. The lowest BCUT2D eigenvalue weighted by Crippen LogP contribution is -2.28. The van der Waals surface area contributed by atoms with Crippen molar-refractivity contribution in [1.29, 1.82) is 0 Å². The highest BCUT2D eigenvalue weighted by Gasteiger charge is 2.23. The molecule has 6 nitrogen and oxygen atoms in total. The molecule has 0 saturated carbocycles. The van der Waals surface area contributed by atoms with Crippen molar-refractivity contribution >= 4 is 11.6 Å². The van der Waals surface area contributed by atoms with E-state index in [0.717, 1.165) is 11.1 Å². The van der Waals surface area contributed by atoms with Crippen LogP contribution in [0.4, 0.5) is 4.39 Å². The summed E-state index contributed by atoms with van der Waals surface area (Å²) in [6.45, 7) is 3.40. The number of benzene rings is 3. The molecule has 0 atom stereocenters. The van der Waals surface area contributed by atoms with Crippen molar-refractivity contribution in [1.82, 2.24) is 15.2 Å². The van der Waals surface area contributed by atoms with Crippen LogP contribution in [0.3, 0.4) is 0 Å². The van der Waals surface area contributed by atoms with Gasteiger partial charge in [-0.2, -0.15) is 5.10 Å². The van der Waals surface area contributed by atoms with Crippen LogP contribution in [0, 0.1) is 12.7 Å². The molecule has 0 fully saturated rings. The molecule has 1 aromatic heterocycles. The second-order valence-electron chi connectivity index (χ2n) is 7.66. The van der Waals surface area contributed by atoms with Crippen LogP contribution in [0.15, 0.2) is 94.8 Å². The predicted molar refractivity (Wildman–Crippen MR) is 126 cm³/mol. The maximum Gasteiger partial charge on any atom is 0.280 e. The molecule has 3 aromatic carbocycles. The van der Waals surface area contributed by atoms with Gasteiger partial charge in [-0.25, -0.2) is 14.5 Å². The van der Waals surface area contributed by atoms with Crippen LogP contribution >= 0.6 is 0 Å². The zero-order valence-electron chi connectivity index (χ0n) is 18.2. The van der Waals surface area contributed by atoms with Gasteiger partial charge in [0.1, 0.15) is 5.82 Å². The van der Waals surface area contributed by atoms with Gasteiger partial charge in [0.05, 0.1) is 22.9 Å². The summed E-state index contributed by atoms with van der Waals surface area (Å²) in [5, 5.41) is 7.21. The van der Waals surface area contributed by atoms with Crippen molar-refractivity contribution in [2.24, 2.45) is 5.10 Å². The quantitative estimate of drug-likeness (QED) is 0.345. The van der Waals surface area contributed by atoms with Gasteiger partial charge in [-0.3, -0.25) is 14.7 Å². The van der Waals surface area contributed by atoms with Crippen LogP contribution in [0.1, 0.15) is 35.2 Å². The van der Waals surface area contributed by atoms with Crippen LogP contribution in [0.25, 0.3) is 5.69 Å². The average Bonchev–Trinajstić information content (AvgIpc) is 3.13. The molecule has 166 valence electrons. The van der Waals surface area contributed by atoms with Gasteiger partial charge >= 0.3 is 0 Å². The molecular weight excluding hydrogens is 419 g/mol. The van der Waals surface area contributed by atoms with Gasteiger partial charge in [0, 0.05) is 5.69 Å². The Morgan fingerprint density at radius 2 is 1.48 bits per heavy atom. The summed E-state index contributed by atoms with van der Waals surface area (Å²) < 4.78 is 14.6. The predicted octanol–water partition coefficient (Wildman–Crippen LogP) is 4.29. The van der Waals surface area contributed by atoms with Crippen LogP contribution in [0.5, 0.6) is 0 Å². The van der Waals surface area contributed by atoms with Crippen molar-refractivity contribution < 1.29 is 9.18 Å². The molecule has 0 aliphatic heterocycles. The van der Waals surface area contributed by atoms with Crippen LogP contribution in [-0.4, -0.2) is 21.4 Å². The van der Waals surface area contributed by atoms with Gasteiger partial charge in [-0.05, 0) is 49.2 Å². The second-order valence-corrected chi connectivity index (χ2v) is 7.66. The SMILES string of the molecule is CC(=NNC(=O)C(c1ccccc1)c1ccccc1)c1c(C)[nH]n(-c2ccc(F)cc2)c1=O. The van der Waals surface area contributed by atoms with E-state index < -0.39 is 5.92 Å². The van der Waals surface area contributed by atoms with E-state index >= 15 is 0 Å². The number of nitrogens with zero attached hydrogens (tertiary/aromatic N) is 2. The van der Waals surface area contributed by atoms with Gasteiger partial charge in [0.2, 0.25) is 0 Å². The summed E-state index contributed by atoms with van der Waals surface area (Å²) in [6.07, 6.45) is 0. The first-order valence-electron chi connectivity index (χ1n) is 10.5. The number of rotatable bonds is 6. The number of carbonyl (C=O) groups is 1. The van der Waals surface area contributed by atoms with E-state index in [1.165, 1.54) is 28.9 Å². The number of aromatic nitrogens is 2. The Labute approximate surface area is 190 Å². The number of halogens is 1. The zero-order chi connectivity index (χ0) is 23.4. The lowest BCUT2D eigenvalue weighted by atomic mass is 9.91. The number of hydrazone groups is 1. The number of aryl methyl sites for hydroxylation is 1. The van der Waals surface area contributed by atoms with E-state index in [1.807, 2.05) is 60.7 Å². The van der Waals surface area contributed by atoms with Crippen LogP contribution < -0.4 is 11.0 Å². The summed E-state index contributed by atoms with van der Waals surface area (Å²) in [5.41, 5.74) is 5.76. The summed E-state index contributed by atoms with van der Waals surface area (Å²) in [4.78, 5) is 26.1. The molecule has 33 heavy (non-hydrogen) atoms. The molecule has 1 amide bonds. The number of hydrogen-bond acceptors (Lipinski definition) is 3. The molecule has 0 unspecified atom stereocenters. The monoisotopic (exact) mass is 442 g/mol. The molecule has 4 aromatic rings. The molecule has 1 heterocycles. The van der Waals surface area contributed by atoms with E-state index in [2.05, 4.69) is 15.6 Å². The van der Waals surface area contributed by atoms with Crippen molar-refractivity contribution in [3.8, 4) is 5.69 Å². The topological polar surface area (TPSA) is 79.2 Å². The highest BCUT2D eigenvalue weighted by Crippen LogP contribution is 2.24. The number of aromatic amines is 1. The van der Waals surface area contributed by atoms with E-state index in [1.54, 1.807) is 13.8 Å². The van der Waals surface area contributed by atoms with Crippen molar-refractivity contribution in [2.75, 3.05) is 0 Å². The minimum atomic E-state index is -0.549. The summed E-state index contributed by atoms with van der Waals surface area (Å²) >= 11 is 0. The molecule has 0 spiro atoms. The van der Waals surface area contributed by atoms with E-state index in [0.29, 0.717) is 22.7 Å². The number of nitrogens with one attached hydrogen (secondary N) is 2. The normalized spacial score (nSPS) is 11.6. The second kappa shape index (κ2) is 9.48. The minimum absolute atomic E-state index is 0.307. The van der Waals surface area contributed by atoms with Crippen molar-refractivity contribution in [3.05, 3.63) is 123 Å². The maximum atomic E-state index is 13.2. The standard InChI is InChI=1S/C26H23FN4O2/c1-17(23-18(2)30-31(26(23)33)22-15-13-21(27)14-16-22)28-29-25(32)24(19-9-5-3-6-10-19)20-11-7-4-8-12-20/h3-16,24,30H,1-2H3,(H,29,32). The molecule has 0 saturated heterocycles. The maximum absolute atomic E-state index is 13.2. The Morgan fingerprint density at radius 1 is 0.939 bits per heavy atom. The van der Waals surface area contributed by atoms with Crippen molar-refractivity contribution in [3.63, 3.8) is 0 Å².